The van der Waals surface area contributed by atoms with Gasteiger partial charge in [0, 0.05) is 12.4 Å². The van der Waals surface area contributed by atoms with E-state index in [0.29, 0.717) is 0 Å². The highest BCUT2D eigenvalue weighted by Gasteiger charge is 2.24. The van der Waals surface area contributed by atoms with Crippen molar-refractivity contribution in [3.05, 3.63) is 34.6 Å². The molecule has 0 N–H and O–H groups in total. The van der Waals surface area contributed by atoms with Crippen LogP contribution in [0.1, 0.15) is 10.4 Å². The third-order valence-electron chi connectivity index (χ3n) is 2.18. The van der Waals surface area contributed by atoms with Gasteiger partial charge in [-0.25, -0.2) is 13.2 Å². The zero-order chi connectivity index (χ0) is 13.7. The largest absolute Gasteiger partial charge is 0.332 e. The molecule has 7 heteroatoms. The van der Waals surface area contributed by atoms with Gasteiger partial charge in [0.2, 0.25) is 0 Å². The first-order valence-electron chi connectivity index (χ1n) is 5.04. The van der Waals surface area contributed by atoms with Gasteiger partial charge in [-0.2, -0.15) is 0 Å². The average molecular weight is 300 g/mol. The van der Waals surface area contributed by atoms with Crippen LogP contribution in [0.3, 0.4) is 0 Å². The standard InChI is InChI=1S/C11H10Cl2F3NO/c12-4-5-17(6-9(15)16)11(18)10-7(13)2-1-3-8(10)14/h1-3,9H,4-6H2. The van der Waals surface area contributed by atoms with Crippen molar-refractivity contribution in [3.63, 3.8) is 0 Å². The molecule has 0 radical (unpaired) electrons. The predicted molar refractivity (Wildman–Crippen MR) is 64.0 cm³/mol. The molecule has 0 aliphatic carbocycles. The van der Waals surface area contributed by atoms with Gasteiger partial charge in [0.1, 0.15) is 5.82 Å². The molecule has 0 bridgehead atoms. The van der Waals surface area contributed by atoms with Crippen LogP contribution in [0, 0.1) is 5.82 Å². The Kier molecular flexibility index (Phi) is 5.75. The van der Waals surface area contributed by atoms with Crippen LogP contribution in [0.2, 0.25) is 5.02 Å². The van der Waals surface area contributed by atoms with Crippen LogP contribution in [-0.2, 0) is 0 Å². The van der Waals surface area contributed by atoms with Gasteiger partial charge in [-0.3, -0.25) is 4.79 Å². The van der Waals surface area contributed by atoms with E-state index in [0.717, 1.165) is 11.0 Å². The van der Waals surface area contributed by atoms with Crippen LogP contribution in [0.15, 0.2) is 18.2 Å². The summed E-state index contributed by atoms with van der Waals surface area (Å²) in [5, 5.41) is -0.117. The summed E-state index contributed by atoms with van der Waals surface area (Å²) in [6.45, 7) is -0.911. The van der Waals surface area contributed by atoms with Gasteiger partial charge >= 0.3 is 0 Å². The number of benzene rings is 1. The summed E-state index contributed by atoms with van der Waals surface area (Å²) < 4.78 is 38.1. The van der Waals surface area contributed by atoms with Crippen molar-refractivity contribution in [1.29, 1.82) is 0 Å². The molecule has 2 nitrogen and oxygen atoms in total. The fourth-order valence-electron chi connectivity index (χ4n) is 1.40. The number of rotatable bonds is 5. The Morgan fingerprint density at radius 1 is 1.39 bits per heavy atom. The summed E-state index contributed by atoms with van der Waals surface area (Å²) in [5.74, 6) is -1.76. The molecule has 0 fully saturated rings. The number of alkyl halides is 3. The Hall–Kier alpha value is -0.940. The highest BCUT2D eigenvalue weighted by Crippen LogP contribution is 2.21. The molecule has 0 saturated heterocycles. The fourth-order valence-corrected chi connectivity index (χ4v) is 1.85. The van der Waals surface area contributed by atoms with Crippen LogP contribution >= 0.6 is 23.2 Å². The number of hydrogen-bond acceptors (Lipinski definition) is 1. The zero-order valence-corrected chi connectivity index (χ0v) is 10.7. The topological polar surface area (TPSA) is 20.3 Å². The number of halogens is 5. The van der Waals surface area contributed by atoms with Crippen LogP contribution in [0.4, 0.5) is 13.2 Å². The van der Waals surface area contributed by atoms with Gasteiger partial charge < -0.3 is 4.90 Å². The molecule has 0 aliphatic rings. The Balaban J connectivity index is 3.01. The zero-order valence-electron chi connectivity index (χ0n) is 9.18. The van der Waals surface area contributed by atoms with Gasteiger partial charge in [0.15, 0.2) is 0 Å². The van der Waals surface area contributed by atoms with E-state index < -0.39 is 30.3 Å². The molecule has 1 aromatic carbocycles. The first-order chi connectivity index (χ1) is 8.47. The van der Waals surface area contributed by atoms with Gasteiger partial charge in [-0.1, -0.05) is 17.7 Å². The normalized spacial score (nSPS) is 10.8. The van der Waals surface area contributed by atoms with Gasteiger partial charge in [-0.05, 0) is 12.1 Å². The van der Waals surface area contributed by atoms with Crippen LogP contribution in [-0.4, -0.2) is 36.2 Å². The van der Waals surface area contributed by atoms with Crippen LogP contribution in [0.25, 0.3) is 0 Å². The minimum Gasteiger partial charge on any atom is -0.332 e. The molecule has 1 amide bonds. The number of carbonyl (C=O) groups is 1. The average Bonchev–Trinajstić information content (AvgIpc) is 2.27. The number of amides is 1. The predicted octanol–water partition coefficient (Wildman–Crippen LogP) is 3.43. The summed E-state index contributed by atoms with van der Waals surface area (Å²) in [4.78, 5) is 12.7. The molecule has 100 valence electrons. The highest BCUT2D eigenvalue weighted by molar-refractivity contribution is 6.33. The van der Waals surface area contributed by atoms with E-state index in [1.54, 1.807) is 0 Å². The smallest absolute Gasteiger partial charge is 0.258 e. The molecule has 1 aromatic rings. The quantitative estimate of drug-likeness (QED) is 0.763. The third kappa shape index (κ3) is 3.78. The number of nitrogens with zero attached hydrogens (tertiary/aromatic N) is 1. The Bertz CT molecular complexity index is 408. The van der Waals surface area contributed by atoms with Crippen molar-refractivity contribution >= 4 is 29.1 Å². The lowest BCUT2D eigenvalue weighted by Gasteiger charge is -2.21. The van der Waals surface area contributed by atoms with Crippen LogP contribution < -0.4 is 0 Å². The first-order valence-corrected chi connectivity index (χ1v) is 5.96. The maximum Gasteiger partial charge on any atom is 0.258 e. The SMILES string of the molecule is O=C(c1c(F)cccc1Cl)N(CCCl)CC(F)F. The van der Waals surface area contributed by atoms with Crippen molar-refractivity contribution in [3.8, 4) is 0 Å². The second-order valence-corrected chi connectivity index (χ2v) is 4.21. The summed E-state index contributed by atoms with van der Waals surface area (Å²) >= 11 is 11.1. The van der Waals surface area contributed by atoms with E-state index in [9.17, 15) is 18.0 Å². The molecule has 18 heavy (non-hydrogen) atoms. The summed E-state index contributed by atoms with van der Waals surface area (Å²) in [7, 11) is 0. The lowest BCUT2D eigenvalue weighted by atomic mass is 10.2. The molecular weight excluding hydrogens is 290 g/mol. The molecule has 0 saturated carbocycles. The maximum atomic E-state index is 13.5. The van der Waals surface area contributed by atoms with E-state index >= 15 is 0 Å². The molecular formula is C11H10Cl2F3NO. The lowest BCUT2D eigenvalue weighted by molar-refractivity contribution is 0.0567. The minimum absolute atomic E-state index is 0.0233. The summed E-state index contributed by atoms with van der Waals surface area (Å²) in [6, 6.07) is 3.69. The van der Waals surface area contributed by atoms with Crippen molar-refractivity contribution in [1.82, 2.24) is 4.90 Å². The molecule has 0 spiro atoms. The van der Waals surface area contributed by atoms with Crippen molar-refractivity contribution in [2.45, 2.75) is 6.43 Å². The minimum atomic E-state index is -2.72. The first kappa shape index (κ1) is 15.1. The Morgan fingerprint density at radius 3 is 2.56 bits per heavy atom. The van der Waals surface area contributed by atoms with E-state index in [-0.39, 0.29) is 17.4 Å². The fraction of sp³-hybridized carbons (Fsp3) is 0.364. The third-order valence-corrected chi connectivity index (χ3v) is 2.66. The lowest BCUT2D eigenvalue weighted by Crippen LogP contribution is -2.37. The van der Waals surface area contributed by atoms with E-state index in [4.69, 9.17) is 23.2 Å². The van der Waals surface area contributed by atoms with Crippen molar-refractivity contribution in [2.75, 3.05) is 19.0 Å². The molecule has 0 unspecified atom stereocenters. The number of hydrogen-bond donors (Lipinski definition) is 0. The van der Waals surface area contributed by atoms with E-state index in [1.807, 2.05) is 0 Å². The Labute approximate surface area is 112 Å². The second kappa shape index (κ2) is 6.85. The monoisotopic (exact) mass is 299 g/mol. The summed E-state index contributed by atoms with van der Waals surface area (Å²) in [5.41, 5.74) is -0.412. The number of carbonyl (C=O) groups excluding carboxylic acids is 1. The van der Waals surface area contributed by atoms with Crippen molar-refractivity contribution < 1.29 is 18.0 Å². The molecule has 0 heterocycles. The van der Waals surface area contributed by atoms with E-state index in [2.05, 4.69) is 0 Å². The van der Waals surface area contributed by atoms with E-state index in [1.165, 1.54) is 12.1 Å². The Morgan fingerprint density at radius 2 is 2.06 bits per heavy atom. The molecule has 1 rings (SSSR count). The van der Waals surface area contributed by atoms with Crippen LogP contribution in [0.5, 0.6) is 0 Å². The highest BCUT2D eigenvalue weighted by atomic mass is 35.5. The molecule has 0 atom stereocenters. The second-order valence-electron chi connectivity index (χ2n) is 3.43. The summed E-state index contributed by atoms with van der Waals surface area (Å²) in [6.07, 6.45) is -2.72. The molecule has 0 aliphatic heterocycles. The van der Waals surface area contributed by atoms with Gasteiger partial charge in [-0.15, -0.1) is 11.6 Å². The van der Waals surface area contributed by atoms with Crippen molar-refractivity contribution in [2.24, 2.45) is 0 Å². The molecule has 0 aromatic heterocycles. The maximum absolute atomic E-state index is 13.5. The van der Waals surface area contributed by atoms with Gasteiger partial charge in [0.25, 0.3) is 12.3 Å². The van der Waals surface area contributed by atoms with Gasteiger partial charge in [0.05, 0.1) is 17.1 Å².